The highest BCUT2D eigenvalue weighted by atomic mass is 127. The lowest BCUT2D eigenvalue weighted by Crippen LogP contribution is -1.50. The van der Waals surface area contributed by atoms with Gasteiger partial charge in [0.1, 0.15) is 0 Å². The minimum atomic E-state index is 0.558. The Labute approximate surface area is 50.9 Å². The third kappa shape index (κ3) is 4.64. The molecular weight excluding hydrogens is 195 g/mol. The quantitative estimate of drug-likeness (QED) is 0.408. The van der Waals surface area contributed by atoms with Gasteiger partial charge in [0.25, 0.3) is 0 Å². The SMILES string of the molecule is [S]CC#CI. The Morgan fingerprint density at radius 2 is 2.40 bits per heavy atom. The van der Waals surface area contributed by atoms with E-state index in [1.807, 2.05) is 22.6 Å². The van der Waals surface area contributed by atoms with Crippen molar-refractivity contribution in [1.29, 1.82) is 0 Å². The summed E-state index contributed by atoms with van der Waals surface area (Å²) >= 11 is 6.43. The van der Waals surface area contributed by atoms with E-state index in [4.69, 9.17) is 0 Å². The molecule has 0 aromatic carbocycles. The van der Waals surface area contributed by atoms with Crippen LogP contribution in [0.1, 0.15) is 0 Å². The molecule has 0 atom stereocenters. The van der Waals surface area contributed by atoms with Crippen molar-refractivity contribution in [1.82, 2.24) is 0 Å². The fourth-order valence-electron chi connectivity index (χ4n) is 0.0273. The van der Waals surface area contributed by atoms with Crippen molar-refractivity contribution in [3.63, 3.8) is 0 Å². The van der Waals surface area contributed by atoms with Crippen LogP contribution in [0.25, 0.3) is 0 Å². The molecule has 0 heterocycles. The minimum Gasteiger partial charge on any atom is -0.0800 e. The molecule has 0 saturated carbocycles. The number of hydrogen-bond acceptors (Lipinski definition) is 0. The van der Waals surface area contributed by atoms with Crippen LogP contribution in [-0.4, -0.2) is 5.75 Å². The predicted molar refractivity (Wildman–Crippen MR) is 34.3 cm³/mol. The molecule has 0 aliphatic rings. The van der Waals surface area contributed by atoms with Crippen LogP contribution < -0.4 is 0 Å². The lowest BCUT2D eigenvalue weighted by atomic mass is 10.8. The van der Waals surface area contributed by atoms with Gasteiger partial charge in [-0.3, -0.25) is 0 Å². The second kappa shape index (κ2) is 4.64. The molecule has 0 aromatic heterocycles. The highest BCUT2D eigenvalue weighted by molar-refractivity contribution is 14.1. The average molecular weight is 197 g/mol. The normalized spacial score (nSPS) is 5.20. The summed E-state index contributed by atoms with van der Waals surface area (Å²) < 4.78 is 2.63. The molecule has 27 valence electrons. The number of halogens is 1. The van der Waals surface area contributed by atoms with Gasteiger partial charge in [-0.2, -0.15) is 0 Å². The van der Waals surface area contributed by atoms with Gasteiger partial charge in [0.2, 0.25) is 0 Å². The highest BCUT2D eigenvalue weighted by Gasteiger charge is 1.52. The van der Waals surface area contributed by atoms with Gasteiger partial charge in [-0.1, -0.05) is 18.5 Å². The molecule has 0 rings (SSSR count). The lowest BCUT2D eigenvalue weighted by Gasteiger charge is -1.54. The van der Waals surface area contributed by atoms with Crippen LogP contribution in [-0.2, 0) is 0 Å². The van der Waals surface area contributed by atoms with Crippen LogP contribution in [0.15, 0.2) is 0 Å². The third-order valence-corrected chi connectivity index (χ3v) is 0.665. The fraction of sp³-hybridized carbons (Fsp3) is 0.333. The Balaban J connectivity index is 2.81. The summed E-state index contributed by atoms with van der Waals surface area (Å²) in [7, 11) is 0. The summed E-state index contributed by atoms with van der Waals surface area (Å²) in [6.07, 6.45) is 0. The van der Waals surface area contributed by atoms with E-state index in [-0.39, 0.29) is 0 Å². The van der Waals surface area contributed by atoms with Gasteiger partial charge in [0.05, 0.1) is 5.75 Å². The van der Waals surface area contributed by atoms with Crippen molar-refractivity contribution >= 4 is 35.2 Å². The summed E-state index contributed by atoms with van der Waals surface area (Å²) in [5, 5.41) is 0. The van der Waals surface area contributed by atoms with Gasteiger partial charge in [0.15, 0.2) is 0 Å². The minimum absolute atomic E-state index is 0.558. The summed E-state index contributed by atoms with van der Waals surface area (Å²) in [5.74, 6) is 3.22. The van der Waals surface area contributed by atoms with E-state index in [1.165, 1.54) is 0 Å². The first kappa shape index (κ1) is 5.64. The summed E-state index contributed by atoms with van der Waals surface area (Å²) in [4.78, 5) is 0. The largest absolute Gasteiger partial charge is 0.0800 e. The molecule has 2 heteroatoms. The predicted octanol–water partition coefficient (Wildman–Crippen LogP) is 1.58. The molecular formula is C3H2IS. The average Bonchev–Trinajstić information content (AvgIpc) is 1.41. The van der Waals surface area contributed by atoms with E-state index in [0.717, 1.165) is 0 Å². The molecule has 0 aliphatic carbocycles. The molecule has 0 amide bonds. The first-order valence-electron chi connectivity index (χ1n) is 1.08. The van der Waals surface area contributed by atoms with Crippen molar-refractivity contribution in [3.8, 4) is 9.85 Å². The van der Waals surface area contributed by atoms with Crippen LogP contribution >= 0.6 is 35.2 Å². The van der Waals surface area contributed by atoms with Crippen LogP contribution in [0.2, 0.25) is 0 Å². The standard InChI is InChI=1S/C3H2IS/c4-2-1-3-5/h3H2. The topological polar surface area (TPSA) is 0 Å². The van der Waals surface area contributed by atoms with E-state index >= 15 is 0 Å². The lowest BCUT2D eigenvalue weighted by molar-refractivity contribution is 1.99. The van der Waals surface area contributed by atoms with Gasteiger partial charge in [-0.15, -0.1) is 0 Å². The van der Waals surface area contributed by atoms with E-state index in [9.17, 15) is 0 Å². The van der Waals surface area contributed by atoms with Crippen molar-refractivity contribution in [2.75, 3.05) is 5.75 Å². The van der Waals surface area contributed by atoms with Gasteiger partial charge in [0, 0.05) is 22.6 Å². The molecule has 0 N–H and O–H groups in total. The maximum absolute atomic E-state index is 4.47. The first-order valence-corrected chi connectivity index (χ1v) is 2.74. The molecule has 0 aromatic rings. The van der Waals surface area contributed by atoms with Gasteiger partial charge < -0.3 is 0 Å². The van der Waals surface area contributed by atoms with Gasteiger partial charge >= 0.3 is 0 Å². The molecule has 0 saturated heterocycles. The van der Waals surface area contributed by atoms with Crippen molar-refractivity contribution in [2.24, 2.45) is 0 Å². The summed E-state index contributed by atoms with van der Waals surface area (Å²) in [5.41, 5.74) is 0. The first-order chi connectivity index (χ1) is 2.41. The van der Waals surface area contributed by atoms with Crippen molar-refractivity contribution in [3.05, 3.63) is 0 Å². The second-order valence-electron chi connectivity index (χ2n) is 0.416. The molecule has 0 fully saturated rings. The van der Waals surface area contributed by atoms with E-state index in [1.54, 1.807) is 0 Å². The molecule has 0 nitrogen and oxygen atoms in total. The zero-order chi connectivity index (χ0) is 4.12. The Morgan fingerprint density at radius 3 is 2.40 bits per heavy atom. The smallest absolute Gasteiger partial charge is 0.0659 e. The molecule has 5 heavy (non-hydrogen) atoms. The molecule has 0 spiro atoms. The van der Waals surface area contributed by atoms with Gasteiger partial charge in [-0.25, -0.2) is 0 Å². The van der Waals surface area contributed by atoms with E-state index in [0.29, 0.717) is 5.75 Å². The number of rotatable bonds is 0. The fourth-order valence-corrected chi connectivity index (χ4v) is 0.549. The molecule has 1 radical (unpaired) electrons. The monoisotopic (exact) mass is 197 g/mol. The zero-order valence-electron chi connectivity index (χ0n) is 2.49. The van der Waals surface area contributed by atoms with Crippen molar-refractivity contribution < 1.29 is 0 Å². The Morgan fingerprint density at radius 1 is 1.80 bits per heavy atom. The maximum Gasteiger partial charge on any atom is 0.0659 e. The van der Waals surface area contributed by atoms with Crippen LogP contribution in [0.3, 0.4) is 0 Å². The van der Waals surface area contributed by atoms with Crippen LogP contribution in [0.4, 0.5) is 0 Å². The van der Waals surface area contributed by atoms with E-state index in [2.05, 4.69) is 22.5 Å². The van der Waals surface area contributed by atoms with E-state index < -0.39 is 0 Å². The molecule has 0 bridgehead atoms. The Hall–Kier alpha value is 0.640. The highest BCUT2D eigenvalue weighted by Crippen LogP contribution is 1.71. The van der Waals surface area contributed by atoms with Gasteiger partial charge in [-0.05, 0) is 3.93 Å². The summed E-state index contributed by atoms with van der Waals surface area (Å²) in [6.45, 7) is 0. The van der Waals surface area contributed by atoms with Crippen LogP contribution in [0.5, 0.6) is 0 Å². The second-order valence-corrected chi connectivity index (χ2v) is 1.24. The Kier molecular flexibility index (Phi) is 5.23. The molecule has 0 aliphatic heterocycles. The third-order valence-electron chi connectivity index (χ3n) is 0.139. The maximum atomic E-state index is 4.47. The number of hydrogen-bond donors (Lipinski definition) is 0. The van der Waals surface area contributed by atoms with Crippen LogP contribution in [0, 0.1) is 9.85 Å². The molecule has 0 unspecified atom stereocenters. The Bertz CT molecular complexity index is 59.0. The van der Waals surface area contributed by atoms with Crippen molar-refractivity contribution in [2.45, 2.75) is 0 Å². The zero-order valence-corrected chi connectivity index (χ0v) is 5.47. The summed E-state index contributed by atoms with van der Waals surface area (Å²) in [6, 6.07) is 0.